The van der Waals surface area contributed by atoms with E-state index in [0.29, 0.717) is 18.0 Å². The number of amides is 1. The maximum Gasteiger partial charge on any atom is 0.223 e. The first-order valence-electron chi connectivity index (χ1n) is 6.50. The second-order valence-corrected chi connectivity index (χ2v) is 6.08. The zero-order valence-electron chi connectivity index (χ0n) is 10.4. The lowest BCUT2D eigenvalue weighted by atomic mass is 9.95. The highest BCUT2D eigenvalue weighted by Gasteiger charge is 2.44. The first kappa shape index (κ1) is 12.3. The van der Waals surface area contributed by atoms with E-state index >= 15 is 0 Å². The molecule has 0 N–H and O–H groups in total. The molecule has 2 atom stereocenters. The van der Waals surface area contributed by atoms with E-state index in [4.69, 9.17) is 0 Å². The molecule has 0 aromatic heterocycles. The van der Waals surface area contributed by atoms with E-state index in [9.17, 15) is 4.79 Å². The van der Waals surface area contributed by atoms with Crippen LogP contribution in [0, 0.1) is 5.41 Å². The molecule has 92 valence electrons. The fourth-order valence-corrected chi connectivity index (χ4v) is 3.32. The van der Waals surface area contributed by atoms with Gasteiger partial charge in [0.1, 0.15) is 0 Å². The van der Waals surface area contributed by atoms with Crippen LogP contribution in [-0.2, 0) is 4.79 Å². The summed E-state index contributed by atoms with van der Waals surface area (Å²) in [5, 5.41) is 0. The van der Waals surface area contributed by atoms with Gasteiger partial charge in [0.15, 0.2) is 0 Å². The summed E-state index contributed by atoms with van der Waals surface area (Å²) in [6.07, 6.45) is 6.72. The van der Waals surface area contributed by atoms with E-state index in [0.717, 1.165) is 12.2 Å². The second kappa shape index (κ2) is 4.59. The molecule has 0 spiro atoms. The minimum absolute atomic E-state index is 0.261. The molecule has 1 amide bonds. The topological polar surface area (TPSA) is 20.3 Å². The summed E-state index contributed by atoms with van der Waals surface area (Å²) in [5.74, 6) is 1.24. The van der Waals surface area contributed by atoms with Crippen molar-refractivity contribution in [1.29, 1.82) is 0 Å². The molecule has 2 fully saturated rings. The summed E-state index contributed by atoms with van der Waals surface area (Å²) in [7, 11) is 0. The smallest absolute Gasteiger partial charge is 0.223 e. The van der Waals surface area contributed by atoms with Gasteiger partial charge in [-0.05, 0) is 57.1 Å². The van der Waals surface area contributed by atoms with Gasteiger partial charge in [-0.15, -0.1) is 0 Å². The number of piperidine rings is 1. The van der Waals surface area contributed by atoms with Gasteiger partial charge in [0.25, 0.3) is 0 Å². The Morgan fingerprint density at radius 1 is 1.31 bits per heavy atom. The molecule has 1 saturated carbocycles. The molecule has 0 aromatic rings. The molecular weight excluding hydrogens is 218 g/mol. The molecule has 2 rings (SSSR count). The van der Waals surface area contributed by atoms with Gasteiger partial charge < -0.3 is 4.90 Å². The fraction of sp³-hybridized carbons (Fsp3) is 0.923. The number of rotatable bonds is 3. The first-order valence-corrected chi connectivity index (χ1v) is 7.13. The van der Waals surface area contributed by atoms with Crippen molar-refractivity contribution in [2.24, 2.45) is 5.41 Å². The van der Waals surface area contributed by atoms with Crippen LogP contribution in [0.1, 0.15) is 52.4 Å². The van der Waals surface area contributed by atoms with Gasteiger partial charge in [-0.1, -0.05) is 0 Å². The number of carbonyl (C=O) groups excluding carboxylic acids is 1. The van der Waals surface area contributed by atoms with Gasteiger partial charge in [0, 0.05) is 18.5 Å². The van der Waals surface area contributed by atoms with Gasteiger partial charge in [-0.3, -0.25) is 4.79 Å². The molecule has 1 heterocycles. The van der Waals surface area contributed by atoms with Gasteiger partial charge in [0.05, 0.1) is 0 Å². The van der Waals surface area contributed by atoms with Crippen LogP contribution in [-0.4, -0.2) is 28.6 Å². The highest BCUT2D eigenvalue weighted by molar-refractivity contribution is 7.80. The van der Waals surface area contributed by atoms with Crippen molar-refractivity contribution in [2.75, 3.05) is 5.75 Å². The first-order chi connectivity index (χ1) is 7.58. The maximum atomic E-state index is 12.3. The molecule has 0 bridgehead atoms. The van der Waals surface area contributed by atoms with Gasteiger partial charge in [0.2, 0.25) is 5.91 Å². The Kier molecular flexibility index (Phi) is 3.53. The summed E-state index contributed by atoms with van der Waals surface area (Å²) in [5.41, 5.74) is 0.261. The van der Waals surface area contributed by atoms with Crippen molar-refractivity contribution in [1.82, 2.24) is 4.90 Å². The highest BCUT2D eigenvalue weighted by Crippen LogP contribution is 2.50. The summed E-state index contributed by atoms with van der Waals surface area (Å²) in [6.45, 7) is 4.38. The average molecular weight is 241 g/mol. The Labute approximate surface area is 104 Å². The average Bonchev–Trinajstić information content (AvgIpc) is 2.98. The summed E-state index contributed by atoms with van der Waals surface area (Å²) < 4.78 is 0. The molecule has 2 nitrogen and oxygen atoms in total. The summed E-state index contributed by atoms with van der Waals surface area (Å²) in [6, 6.07) is 0.874. The van der Waals surface area contributed by atoms with Crippen LogP contribution >= 0.6 is 12.6 Å². The van der Waals surface area contributed by atoms with Crippen molar-refractivity contribution >= 4 is 18.5 Å². The zero-order valence-corrected chi connectivity index (χ0v) is 11.3. The molecule has 0 radical (unpaired) electrons. The number of likely N-dealkylation sites (tertiary alicyclic amines) is 1. The summed E-state index contributed by atoms with van der Waals surface area (Å²) >= 11 is 4.38. The Morgan fingerprint density at radius 2 is 1.88 bits per heavy atom. The lowest BCUT2D eigenvalue weighted by molar-refractivity contribution is -0.138. The van der Waals surface area contributed by atoms with Crippen LogP contribution < -0.4 is 0 Å². The predicted molar refractivity (Wildman–Crippen MR) is 69.8 cm³/mol. The Hall–Kier alpha value is -0.180. The van der Waals surface area contributed by atoms with Crippen LogP contribution in [0.15, 0.2) is 0 Å². The monoisotopic (exact) mass is 241 g/mol. The summed E-state index contributed by atoms with van der Waals surface area (Å²) in [4.78, 5) is 14.5. The van der Waals surface area contributed by atoms with Gasteiger partial charge in [-0.25, -0.2) is 0 Å². The lowest BCUT2D eigenvalue weighted by Crippen LogP contribution is -2.48. The maximum absolute atomic E-state index is 12.3. The number of hydrogen-bond donors (Lipinski definition) is 1. The molecule has 3 heteroatoms. The van der Waals surface area contributed by atoms with Crippen molar-refractivity contribution in [3.63, 3.8) is 0 Å². The largest absolute Gasteiger partial charge is 0.337 e. The molecule has 16 heavy (non-hydrogen) atoms. The fourth-order valence-electron chi connectivity index (χ4n) is 2.89. The number of hydrogen-bond acceptors (Lipinski definition) is 2. The predicted octanol–water partition coefficient (Wildman–Crippen LogP) is 2.88. The minimum Gasteiger partial charge on any atom is -0.337 e. The molecule has 1 aliphatic carbocycles. The number of nitrogens with zero attached hydrogens (tertiary/aromatic N) is 1. The van der Waals surface area contributed by atoms with Crippen molar-refractivity contribution < 1.29 is 4.79 Å². The van der Waals surface area contributed by atoms with Crippen molar-refractivity contribution in [3.8, 4) is 0 Å². The lowest BCUT2D eigenvalue weighted by Gasteiger charge is -2.39. The van der Waals surface area contributed by atoms with E-state index in [1.165, 1.54) is 32.1 Å². The molecule has 2 unspecified atom stereocenters. The Balaban J connectivity index is 1.97. The van der Waals surface area contributed by atoms with Gasteiger partial charge >= 0.3 is 0 Å². The molecule has 2 aliphatic rings. The third-order valence-electron chi connectivity index (χ3n) is 4.30. The van der Waals surface area contributed by atoms with E-state index in [2.05, 4.69) is 31.4 Å². The minimum atomic E-state index is 0.261. The van der Waals surface area contributed by atoms with E-state index in [1.54, 1.807) is 0 Å². The second-order valence-electron chi connectivity index (χ2n) is 5.76. The molecule has 1 aliphatic heterocycles. The van der Waals surface area contributed by atoms with Crippen molar-refractivity contribution in [2.45, 2.75) is 64.5 Å². The van der Waals surface area contributed by atoms with Crippen LogP contribution in [0.4, 0.5) is 0 Å². The molecule has 1 saturated heterocycles. The number of thiol groups is 1. The standard InChI is InChI=1S/C13H23NOS/c1-10-4-3-5-11(2)14(10)12(15)8-13(9-16)6-7-13/h10-11,16H,3-9H2,1-2H3. The van der Waals surface area contributed by atoms with Crippen LogP contribution in [0.5, 0.6) is 0 Å². The van der Waals surface area contributed by atoms with Gasteiger partial charge in [-0.2, -0.15) is 12.6 Å². The molecular formula is C13H23NOS. The zero-order chi connectivity index (χ0) is 11.8. The normalized spacial score (nSPS) is 32.6. The Bertz CT molecular complexity index is 265. The van der Waals surface area contributed by atoms with Crippen LogP contribution in [0.25, 0.3) is 0 Å². The molecule has 0 aromatic carbocycles. The van der Waals surface area contributed by atoms with E-state index < -0.39 is 0 Å². The van der Waals surface area contributed by atoms with Crippen LogP contribution in [0.3, 0.4) is 0 Å². The van der Waals surface area contributed by atoms with Crippen LogP contribution in [0.2, 0.25) is 0 Å². The van der Waals surface area contributed by atoms with E-state index in [-0.39, 0.29) is 5.41 Å². The van der Waals surface area contributed by atoms with Crippen molar-refractivity contribution in [3.05, 3.63) is 0 Å². The Morgan fingerprint density at radius 3 is 2.31 bits per heavy atom. The number of carbonyl (C=O) groups is 1. The third-order valence-corrected chi connectivity index (χ3v) is 4.97. The quantitative estimate of drug-likeness (QED) is 0.753. The van der Waals surface area contributed by atoms with E-state index in [1.807, 2.05) is 0 Å². The highest BCUT2D eigenvalue weighted by atomic mass is 32.1. The third kappa shape index (κ3) is 2.39. The SMILES string of the molecule is CC1CCCC(C)N1C(=O)CC1(CS)CC1.